The van der Waals surface area contributed by atoms with Crippen molar-refractivity contribution in [2.45, 2.75) is 19.4 Å². The highest BCUT2D eigenvalue weighted by molar-refractivity contribution is 5.51. The fraction of sp³-hybridized carbons (Fsp3) is 0.300. The normalized spacial score (nSPS) is 12.5. The van der Waals surface area contributed by atoms with Crippen LogP contribution in [0, 0.1) is 0 Å². The van der Waals surface area contributed by atoms with Crippen LogP contribution < -0.4 is 5.73 Å². The Morgan fingerprint density at radius 2 is 2.50 bits per heavy atom. The zero-order valence-corrected chi connectivity index (χ0v) is 7.33. The van der Waals surface area contributed by atoms with Gasteiger partial charge in [-0.1, -0.05) is 19.6 Å². The van der Waals surface area contributed by atoms with Crippen molar-refractivity contribution >= 4 is 6.08 Å². The molecule has 1 rings (SSSR count). The first-order valence-corrected chi connectivity index (χ1v) is 4.11. The highest BCUT2D eigenvalue weighted by Gasteiger charge is 2.05. The minimum absolute atomic E-state index is 0.0981. The molecule has 0 radical (unpaired) electrons. The second-order valence-corrected chi connectivity index (χ2v) is 2.72. The largest absolute Gasteiger partial charge is 0.324 e. The van der Waals surface area contributed by atoms with Gasteiger partial charge in [0, 0.05) is 18.4 Å². The highest BCUT2D eigenvalue weighted by atomic mass is 14.7. The minimum Gasteiger partial charge on any atom is -0.324 e. The van der Waals surface area contributed by atoms with Crippen molar-refractivity contribution in [2.24, 2.45) is 5.73 Å². The van der Waals surface area contributed by atoms with E-state index in [2.05, 4.69) is 18.5 Å². The van der Waals surface area contributed by atoms with Crippen molar-refractivity contribution in [1.82, 2.24) is 4.98 Å². The molecule has 0 bridgehead atoms. The average Bonchev–Trinajstić information content (AvgIpc) is 2.16. The molecule has 0 spiro atoms. The molecule has 0 saturated carbocycles. The summed E-state index contributed by atoms with van der Waals surface area (Å²) >= 11 is 0. The van der Waals surface area contributed by atoms with E-state index in [1.165, 1.54) is 0 Å². The number of pyridine rings is 1. The van der Waals surface area contributed by atoms with E-state index < -0.39 is 0 Å². The lowest BCUT2D eigenvalue weighted by Crippen LogP contribution is -2.10. The summed E-state index contributed by atoms with van der Waals surface area (Å²) in [4.78, 5) is 4.01. The van der Waals surface area contributed by atoms with Crippen LogP contribution in [0.4, 0.5) is 0 Å². The zero-order chi connectivity index (χ0) is 8.97. The molecule has 0 amide bonds. The van der Waals surface area contributed by atoms with Crippen LogP contribution in [0.5, 0.6) is 0 Å². The lowest BCUT2D eigenvalue weighted by molar-refractivity contribution is 0.696. The van der Waals surface area contributed by atoms with E-state index in [0.717, 1.165) is 17.5 Å². The van der Waals surface area contributed by atoms with Crippen LogP contribution in [0.1, 0.15) is 30.5 Å². The van der Waals surface area contributed by atoms with Gasteiger partial charge in [0.2, 0.25) is 0 Å². The van der Waals surface area contributed by atoms with Crippen molar-refractivity contribution in [3.8, 4) is 0 Å². The number of rotatable bonds is 3. The molecule has 1 atom stereocenters. The molecule has 0 aliphatic heterocycles. The number of nitrogens with zero attached hydrogens (tertiary/aromatic N) is 1. The third-order valence-corrected chi connectivity index (χ3v) is 1.95. The number of aromatic nitrogens is 1. The Balaban J connectivity index is 3.04. The van der Waals surface area contributed by atoms with E-state index >= 15 is 0 Å². The molecule has 2 nitrogen and oxygen atoms in total. The summed E-state index contributed by atoms with van der Waals surface area (Å²) in [6, 6.07) is 2.05. The number of nitrogens with two attached hydrogens (primary N) is 1. The van der Waals surface area contributed by atoms with E-state index in [1.807, 2.05) is 6.07 Å². The van der Waals surface area contributed by atoms with E-state index in [0.29, 0.717) is 0 Å². The Morgan fingerprint density at radius 3 is 3.08 bits per heavy atom. The first-order valence-electron chi connectivity index (χ1n) is 4.11. The van der Waals surface area contributed by atoms with Gasteiger partial charge in [-0.2, -0.15) is 0 Å². The summed E-state index contributed by atoms with van der Waals surface area (Å²) in [6.45, 7) is 5.78. The monoisotopic (exact) mass is 162 g/mol. The van der Waals surface area contributed by atoms with Gasteiger partial charge in [0.1, 0.15) is 0 Å². The smallest absolute Gasteiger partial charge is 0.0343 e. The quantitative estimate of drug-likeness (QED) is 0.739. The van der Waals surface area contributed by atoms with Gasteiger partial charge < -0.3 is 5.73 Å². The molecule has 0 fully saturated rings. The molecule has 0 aromatic carbocycles. The van der Waals surface area contributed by atoms with Crippen LogP contribution in [-0.2, 0) is 0 Å². The van der Waals surface area contributed by atoms with E-state index in [9.17, 15) is 0 Å². The average molecular weight is 162 g/mol. The fourth-order valence-corrected chi connectivity index (χ4v) is 1.15. The minimum atomic E-state index is 0.0981. The molecule has 0 aliphatic carbocycles. The van der Waals surface area contributed by atoms with Gasteiger partial charge in [-0.25, -0.2) is 0 Å². The molecule has 1 aromatic rings. The predicted octanol–water partition coefficient (Wildman–Crippen LogP) is 2.13. The zero-order valence-electron chi connectivity index (χ0n) is 7.33. The molecule has 64 valence electrons. The van der Waals surface area contributed by atoms with Gasteiger partial charge in [0.25, 0.3) is 0 Å². The molecule has 1 aromatic heterocycles. The summed E-state index contributed by atoms with van der Waals surface area (Å²) in [6.07, 6.45) is 6.28. The lowest BCUT2D eigenvalue weighted by Gasteiger charge is -2.11. The molecular weight excluding hydrogens is 148 g/mol. The molecule has 0 aliphatic rings. The van der Waals surface area contributed by atoms with Crippen molar-refractivity contribution in [3.63, 3.8) is 0 Å². The Kier molecular flexibility index (Phi) is 3.00. The maximum Gasteiger partial charge on any atom is 0.0343 e. The molecule has 2 heteroatoms. The molecular formula is C10H14N2. The SMILES string of the molecule is C=Cc1cnccc1C(N)CC. The Morgan fingerprint density at radius 1 is 1.75 bits per heavy atom. The fourth-order valence-electron chi connectivity index (χ4n) is 1.15. The van der Waals surface area contributed by atoms with Crippen LogP contribution in [-0.4, -0.2) is 4.98 Å². The maximum absolute atomic E-state index is 5.90. The third kappa shape index (κ3) is 1.71. The summed E-state index contributed by atoms with van der Waals surface area (Å²) in [5, 5.41) is 0. The topological polar surface area (TPSA) is 38.9 Å². The van der Waals surface area contributed by atoms with E-state index in [1.54, 1.807) is 18.5 Å². The van der Waals surface area contributed by atoms with Gasteiger partial charge in [-0.3, -0.25) is 4.98 Å². The summed E-state index contributed by atoms with van der Waals surface area (Å²) < 4.78 is 0. The third-order valence-electron chi connectivity index (χ3n) is 1.95. The summed E-state index contributed by atoms with van der Waals surface area (Å²) in [5.41, 5.74) is 8.06. The van der Waals surface area contributed by atoms with Gasteiger partial charge in [0.05, 0.1) is 0 Å². The van der Waals surface area contributed by atoms with Crippen molar-refractivity contribution in [2.75, 3.05) is 0 Å². The van der Waals surface area contributed by atoms with Crippen LogP contribution in [0.15, 0.2) is 25.0 Å². The van der Waals surface area contributed by atoms with Crippen LogP contribution in [0.25, 0.3) is 6.08 Å². The van der Waals surface area contributed by atoms with Gasteiger partial charge in [0.15, 0.2) is 0 Å². The standard InChI is InChI=1S/C10H14N2/c1-3-8-7-12-6-5-9(8)10(11)4-2/h3,5-7,10H,1,4,11H2,2H3. The van der Waals surface area contributed by atoms with Crippen LogP contribution >= 0.6 is 0 Å². The number of hydrogen-bond donors (Lipinski definition) is 1. The molecule has 2 N–H and O–H groups in total. The van der Waals surface area contributed by atoms with E-state index in [4.69, 9.17) is 5.73 Å². The Bertz CT molecular complexity index is 268. The van der Waals surface area contributed by atoms with E-state index in [-0.39, 0.29) is 6.04 Å². The van der Waals surface area contributed by atoms with Gasteiger partial charge in [-0.05, 0) is 23.6 Å². The van der Waals surface area contributed by atoms with Gasteiger partial charge in [-0.15, -0.1) is 0 Å². The second kappa shape index (κ2) is 4.02. The molecule has 1 unspecified atom stereocenters. The number of hydrogen-bond acceptors (Lipinski definition) is 2. The Labute approximate surface area is 73.1 Å². The maximum atomic E-state index is 5.90. The summed E-state index contributed by atoms with van der Waals surface area (Å²) in [7, 11) is 0. The predicted molar refractivity (Wildman–Crippen MR) is 51.5 cm³/mol. The molecule has 1 heterocycles. The van der Waals surface area contributed by atoms with Crippen LogP contribution in [0.2, 0.25) is 0 Å². The molecule has 12 heavy (non-hydrogen) atoms. The lowest BCUT2D eigenvalue weighted by atomic mass is 10.0. The van der Waals surface area contributed by atoms with Crippen LogP contribution in [0.3, 0.4) is 0 Å². The second-order valence-electron chi connectivity index (χ2n) is 2.72. The Hall–Kier alpha value is -1.15. The van der Waals surface area contributed by atoms with Crippen molar-refractivity contribution in [3.05, 3.63) is 36.2 Å². The first kappa shape index (κ1) is 8.94. The van der Waals surface area contributed by atoms with Gasteiger partial charge >= 0.3 is 0 Å². The van der Waals surface area contributed by atoms with Crippen molar-refractivity contribution in [1.29, 1.82) is 0 Å². The highest BCUT2D eigenvalue weighted by Crippen LogP contribution is 2.17. The molecule has 0 saturated heterocycles. The summed E-state index contributed by atoms with van der Waals surface area (Å²) in [5.74, 6) is 0. The first-order chi connectivity index (χ1) is 5.79. The van der Waals surface area contributed by atoms with Crippen molar-refractivity contribution < 1.29 is 0 Å².